The predicted octanol–water partition coefficient (Wildman–Crippen LogP) is 0.904. The molecule has 5 heteroatoms. The van der Waals surface area contributed by atoms with E-state index in [9.17, 15) is 5.11 Å². The summed E-state index contributed by atoms with van der Waals surface area (Å²) in [5.74, 6) is 2.02. The highest BCUT2D eigenvalue weighted by atomic mass is 16.4. The average molecular weight is 223 g/mol. The fourth-order valence-electron chi connectivity index (χ4n) is 2.31. The third-order valence-electron chi connectivity index (χ3n) is 3.46. The van der Waals surface area contributed by atoms with Gasteiger partial charge in [-0.25, -0.2) is 0 Å². The highest BCUT2D eigenvalue weighted by Crippen LogP contribution is 2.39. The summed E-state index contributed by atoms with van der Waals surface area (Å²) in [6, 6.07) is 0.274. The Kier molecular flexibility index (Phi) is 2.65. The van der Waals surface area contributed by atoms with E-state index in [1.165, 1.54) is 12.8 Å². The van der Waals surface area contributed by atoms with Crippen molar-refractivity contribution in [3.63, 3.8) is 0 Å². The molecule has 1 aliphatic heterocycles. The molecule has 1 saturated carbocycles. The van der Waals surface area contributed by atoms with E-state index in [1.807, 2.05) is 0 Å². The lowest BCUT2D eigenvalue weighted by Gasteiger charge is -2.20. The largest absolute Gasteiger partial charge is 0.424 e. The smallest absolute Gasteiger partial charge is 0.230 e. The summed E-state index contributed by atoms with van der Waals surface area (Å²) in [7, 11) is 0. The fourth-order valence-corrected chi connectivity index (χ4v) is 2.31. The summed E-state index contributed by atoms with van der Waals surface area (Å²) in [4.78, 5) is 2.23. The third-order valence-corrected chi connectivity index (χ3v) is 3.46. The molecule has 5 nitrogen and oxygen atoms in total. The standard InChI is InChI=1S/C11H17N3O2/c15-7-9-2-1-5-14(9)6-10-12-13-11(16-10)8-3-4-8/h8-9,15H,1-7H2/t9-/m1/s1. The van der Waals surface area contributed by atoms with Crippen molar-refractivity contribution in [2.24, 2.45) is 0 Å². The van der Waals surface area contributed by atoms with Gasteiger partial charge in [-0.15, -0.1) is 10.2 Å². The highest BCUT2D eigenvalue weighted by molar-refractivity contribution is 5.00. The van der Waals surface area contributed by atoms with Gasteiger partial charge in [0.05, 0.1) is 13.2 Å². The zero-order valence-corrected chi connectivity index (χ0v) is 9.30. The van der Waals surface area contributed by atoms with Gasteiger partial charge in [0, 0.05) is 12.0 Å². The van der Waals surface area contributed by atoms with Gasteiger partial charge in [0.15, 0.2) is 0 Å². The average Bonchev–Trinajstić information content (AvgIpc) is 2.88. The summed E-state index contributed by atoms with van der Waals surface area (Å²) in [5.41, 5.74) is 0. The molecule has 2 aliphatic rings. The number of hydrogen-bond acceptors (Lipinski definition) is 5. The number of hydrogen-bond donors (Lipinski definition) is 1. The monoisotopic (exact) mass is 223 g/mol. The Morgan fingerprint density at radius 2 is 2.19 bits per heavy atom. The van der Waals surface area contributed by atoms with Gasteiger partial charge in [0.1, 0.15) is 0 Å². The van der Waals surface area contributed by atoms with E-state index in [0.29, 0.717) is 18.4 Å². The Bertz CT molecular complexity index is 362. The number of aromatic nitrogens is 2. The first-order valence-electron chi connectivity index (χ1n) is 6.04. The maximum atomic E-state index is 9.21. The molecule has 0 amide bonds. The van der Waals surface area contributed by atoms with Crippen molar-refractivity contribution in [3.05, 3.63) is 11.8 Å². The van der Waals surface area contributed by atoms with Gasteiger partial charge < -0.3 is 9.52 Å². The minimum absolute atomic E-state index is 0.226. The lowest BCUT2D eigenvalue weighted by atomic mass is 10.2. The van der Waals surface area contributed by atoms with Gasteiger partial charge in [0.25, 0.3) is 0 Å². The molecule has 1 N–H and O–H groups in total. The second-order valence-corrected chi connectivity index (χ2v) is 4.76. The number of nitrogens with zero attached hydrogens (tertiary/aromatic N) is 3. The fraction of sp³-hybridized carbons (Fsp3) is 0.818. The number of aliphatic hydroxyl groups excluding tert-OH is 1. The molecule has 0 bridgehead atoms. The van der Waals surface area contributed by atoms with Crippen LogP contribution in [0.4, 0.5) is 0 Å². The Hall–Kier alpha value is -0.940. The predicted molar refractivity (Wildman–Crippen MR) is 56.8 cm³/mol. The van der Waals surface area contributed by atoms with E-state index in [2.05, 4.69) is 15.1 Å². The summed E-state index contributed by atoms with van der Waals surface area (Å²) < 4.78 is 5.62. The first-order valence-corrected chi connectivity index (χ1v) is 6.04. The Labute approximate surface area is 94.5 Å². The van der Waals surface area contributed by atoms with Crippen molar-refractivity contribution in [1.29, 1.82) is 0 Å². The molecule has 2 fully saturated rings. The SMILES string of the molecule is OC[C@H]1CCCN1Cc1nnc(C2CC2)o1. The molecule has 0 radical (unpaired) electrons. The number of rotatable bonds is 4. The summed E-state index contributed by atoms with van der Waals surface area (Å²) in [6.07, 6.45) is 4.59. The molecule has 1 aromatic rings. The normalized spacial score (nSPS) is 26.4. The summed E-state index contributed by atoms with van der Waals surface area (Å²) in [6.45, 7) is 1.93. The minimum Gasteiger partial charge on any atom is -0.424 e. The zero-order valence-electron chi connectivity index (χ0n) is 9.30. The van der Waals surface area contributed by atoms with Crippen LogP contribution in [0.1, 0.15) is 43.4 Å². The van der Waals surface area contributed by atoms with Crippen LogP contribution in [0.3, 0.4) is 0 Å². The van der Waals surface area contributed by atoms with Crippen molar-refractivity contribution >= 4 is 0 Å². The molecule has 88 valence electrons. The van der Waals surface area contributed by atoms with Crippen LogP contribution in [-0.2, 0) is 6.54 Å². The second kappa shape index (κ2) is 4.14. The topological polar surface area (TPSA) is 62.4 Å². The molecule has 16 heavy (non-hydrogen) atoms. The van der Waals surface area contributed by atoms with Gasteiger partial charge in [-0.3, -0.25) is 4.90 Å². The van der Waals surface area contributed by atoms with Crippen LogP contribution in [0.2, 0.25) is 0 Å². The van der Waals surface area contributed by atoms with Crippen molar-refractivity contribution in [1.82, 2.24) is 15.1 Å². The Morgan fingerprint density at radius 3 is 2.94 bits per heavy atom. The maximum Gasteiger partial charge on any atom is 0.230 e. The molecule has 1 aromatic heterocycles. The van der Waals surface area contributed by atoms with Gasteiger partial charge in [-0.1, -0.05) is 0 Å². The van der Waals surface area contributed by atoms with Crippen molar-refractivity contribution in [2.45, 2.75) is 44.2 Å². The first kappa shape index (κ1) is 10.2. The Balaban J connectivity index is 1.63. The molecule has 2 heterocycles. The third kappa shape index (κ3) is 1.97. The van der Waals surface area contributed by atoms with E-state index < -0.39 is 0 Å². The molecule has 0 spiro atoms. The van der Waals surface area contributed by atoms with Crippen molar-refractivity contribution in [3.8, 4) is 0 Å². The molecule has 1 saturated heterocycles. The molecule has 0 unspecified atom stereocenters. The van der Waals surface area contributed by atoms with E-state index in [1.54, 1.807) is 0 Å². The van der Waals surface area contributed by atoms with Gasteiger partial charge in [-0.2, -0.15) is 0 Å². The van der Waals surface area contributed by atoms with Crippen LogP contribution < -0.4 is 0 Å². The molecule has 0 aromatic carbocycles. The number of aliphatic hydroxyl groups is 1. The van der Waals surface area contributed by atoms with E-state index in [-0.39, 0.29) is 12.6 Å². The highest BCUT2D eigenvalue weighted by Gasteiger charge is 2.30. The van der Waals surface area contributed by atoms with Gasteiger partial charge in [0.2, 0.25) is 11.8 Å². The molecular formula is C11H17N3O2. The first-order chi connectivity index (χ1) is 7.86. The van der Waals surface area contributed by atoms with Crippen LogP contribution in [0.25, 0.3) is 0 Å². The maximum absolute atomic E-state index is 9.21. The molecular weight excluding hydrogens is 206 g/mol. The molecule has 3 rings (SSSR count). The summed E-state index contributed by atoms with van der Waals surface area (Å²) in [5, 5.41) is 17.3. The van der Waals surface area contributed by atoms with Crippen molar-refractivity contribution < 1.29 is 9.52 Å². The van der Waals surface area contributed by atoms with Crippen molar-refractivity contribution in [2.75, 3.05) is 13.2 Å². The lowest BCUT2D eigenvalue weighted by molar-refractivity contribution is 0.144. The van der Waals surface area contributed by atoms with E-state index >= 15 is 0 Å². The van der Waals surface area contributed by atoms with Crippen LogP contribution in [-0.4, -0.2) is 39.4 Å². The molecule has 1 atom stereocenters. The van der Waals surface area contributed by atoms with E-state index in [0.717, 1.165) is 25.3 Å². The zero-order chi connectivity index (χ0) is 11.0. The van der Waals surface area contributed by atoms with Gasteiger partial charge >= 0.3 is 0 Å². The van der Waals surface area contributed by atoms with Crippen LogP contribution >= 0.6 is 0 Å². The van der Waals surface area contributed by atoms with Crippen LogP contribution in [0.15, 0.2) is 4.42 Å². The van der Waals surface area contributed by atoms with E-state index in [4.69, 9.17) is 4.42 Å². The molecule has 1 aliphatic carbocycles. The quantitative estimate of drug-likeness (QED) is 0.821. The lowest BCUT2D eigenvalue weighted by Crippen LogP contribution is -2.31. The van der Waals surface area contributed by atoms with Crippen LogP contribution in [0.5, 0.6) is 0 Å². The second-order valence-electron chi connectivity index (χ2n) is 4.76. The minimum atomic E-state index is 0.226. The number of likely N-dealkylation sites (tertiary alicyclic amines) is 1. The van der Waals surface area contributed by atoms with Gasteiger partial charge in [-0.05, 0) is 32.2 Å². The Morgan fingerprint density at radius 1 is 1.31 bits per heavy atom. The van der Waals surface area contributed by atoms with Crippen LogP contribution in [0, 0.1) is 0 Å². The summed E-state index contributed by atoms with van der Waals surface area (Å²) >= 11 is 0.